The quantitative estimate of drug-likeness (QED) is 0.802. The molecule has 3 atom stereocenters. The third-order valence-electron chi connectivity index (χ3n) is 4.21. The number of hydrogen-bond donors (Lipinski definition) is 2. The zero-order chi connectivity index (χ0) is 15.0. The monoisotopic (exact) mass is 295 g/mol. The van der Waals surface area contributed by atoms with Crippen molar-refractivity contribution in [3.05, 3.63) is 22.2 Å². The maximum absolute atomic E-state index is 12.2. The number of anilines is 1. The Bertz CT molecular complexity index is 568. The molecule has 116 valence electrons. The van der Waals surface area contributed by atoms with Crippen LogP contribution in [0.25, 0.3) is 0 Å². The summed E-state index contributed by atoms with van der Waals surface area (Å²) in [5.41, 5.74) is 0.542. The molecule has 0 aliphatic carbocycles. The van der Waals surface area contributed by atoms with Crippen molar-refractivity contribution in [1.29, 1.82) is 0 Å². The number of nitrogens with zero attached hydrogens (tertiary/aromatic N) is 3. The number of rotatable bonds is 3. The lowest BCUT2D eigenvalue weighted by Gasteiger charge is -2.21. The first-order valence-corrected chi connectivity index (χ1v) is 7.39. The fraction of sp³-hybridized carbons (Fsp3) is 0.714. The number of ether oxygens (including phenoxy) is 1. The van der Waals surface area contributed by atoms with Crippen LogP contribution in [0.1, 0.15) is 31.1 Å². The van der Waals surface area contributed by atoms with Crippen LogP contribution in [0, 0.1) is 6.92 Å². The largest absolute Gasteiger partial charge is 0.394 e. The highest BCUT2D eigenvalue weighted by Crippen LogP contribution is 2.28. The Morgan fingerprint density at radius 3 is 2.76 bits per heavy atom. The molecule has 3 heterocycles. The van der Waals surface area contributed by atoms with E-state index in [1.54, 1.807) is 6.20 Å². The van der Waals surface area contributed by atoms with E-state index in [0.29, 0.717) is 0 Å². The minimum atomic E-state index is -0.759. The Morgan fingerprint density at radius 1 is 1.43 bits per heavy atom. The maximum atomic E-state index is 12.2. The first-order chi connectivity index (χ1) is 10.1. The average molecular weight is 295 g/mol. The molecule has 3 rings (SSSR count). The second-order valence-corrected chi connectivity index (χ2v) is 5.75. The molecule has 2 aliphatic heterocycles. The van der Waals surface area contributed by atoms with Gasteiger partial charge in [-0.15, -0.1) is 0 Å². The van der Waals surface area contributed by atoms with Crippen molar-refractivity contribution in [3.8, 4) is 0 Å². The Labute approximate surface area is 122 Å². The predicted octanol–water partition coefficient (Wildman–Crippen LogP) is -0.207. The summed E-state index contributed by atoms with van der Waals surface area (Å²) in [5, 5.41) is 18.9. The lowest BCUT2D eigenvalue weighted by Crippen LogP contribution is -2.31. The van der Waals surface area contributed by atoms with Crippen molar-refractivity contribution in [2.45, 2.75) is 44.6 Å². The highest BCUT2D eigenvalue weighted by Gasteiger charge is 2.35. The first-order valence-electron chi connectivity index (χ1n) is 7.39. The van der Waals surface area contributed by atoms with E-state index in [0.717, 1.165) is 37.3 Å². The molecule has 1 aromatic rings. The highest BCUT2D eigenvalue weighted by atomic mass is 16.5. The minimum absolute atomic E-state index is 0.259. The summed E-state index contributed by atoms with van der Waals surface area (Å²) in [6, 6.07) is 0. The summed E-state index contributed by atoms with van der Waals surface area (Å²) in [4.78, 5) is 18.5. The highest BCUT2D eigenvalue weighted by molar-refractivity contribution is 5.45. The lowest BCUT2D eigenvalue weighted by atomic mass is 10.2. The summed E-state index contributed by atoms with van der Waals surface area (Å²) < 4.78 is 6.93. The van der Waals surface area contributed by atoms with Crippen molar-refractivity contribution in [3.63, 3.8) is 0 Å². The van der Waals surface area contributed by atoms with Gasteiger partial charge in [-0.2, -0.15) is 4.98 Å². The third-order valence-corrected chi connectivity index (χ3v) is 4.21. The van der Waals surface area contributed by atoms with Crippen LogP contribution in [-0.4, -0.2) is 51.7 Å². The molecular formula is C14H21N3O4. The number of aryl methyl sites for hydroxylation is 1. The van der Waals surface area contributed by atoms with Crippen LogP contribution in [0.2, 0.25) is 0 Å². The summed E-state index contributed by atoms with van der Waals surface area (Å²) in [6.07, 6.45) is 2.31. The fourth-order valence-corrected chi connectivity index (χ4v) is 3.06. The van der Waals surface area contributed by atoms with Crippen LogP contribution < -0.4 is 10.6 Å². The van der Waals surface area contributed by atoms with Gasteiger partial charge in [-0.1, -0.05) is 0 Å². The van der Waals surface area contributed by atoms with E-state index in [9.17, 15) is 9.90 Å². The standard InChI is InChI=1S/C14H21N3O4/c1-9-7-17(12-6-10(19)11(8-18)21-12)14(20)15-13(9)16-4-2-3-5-16/h7,10-12,18-19H,2-6,8H2,1H3/t10-,11-,12+/m0/s1. The van der Waals surface area contributed by atoms with Gasteiger partial charge < -0.3 is 19.8 Å². The van der Waals surface area contributed by atoms with E-state index in [2.05, 4.69) is 9.88 Å². The van der Waals surface area contributed by atoms with Crippen LogP contribution in [-0.2, 0) is 4.74 Å². The molecule has 7 nitrogen and oxygen atoms in total. The van der Waals surface area contributed by atoms with Crippen LogP contribution >= 0.6 is 0 Å². The first kappa shape index (κ1) is 14.5. The second-order valence-electron chi connectivity index (χ2n) is 5.75. The predicted molar refractivity (Wildman–Crippen MR) is 76.3 cm³/mol. The Balaban J connectivity index is 1.87. The molecule has 0 amide bonds. The van der Waals surface area contributed by atoms with Gasteiger partial charge in [-0.25, -0.2) is 4.79 Å². The molecule has 2 saturated heterocycles. The molecular weight excluding hydrogens is 274 g/mol. The van der Waals surface area contributed by atoms with Gasteiger partial charge in [0.2, 0.25) is 0 Å². The number of aromatic nitrogens is 2. The van der Waals surface area contributed by atoms with E-state index in [1.165, 1.54) is 4.57 Å². The molecule has 1 aromatic heterocycles. The van der Waals surface area contributed by atoms with Gasteiger partial charge in [0, 0.05) is 31.3 Å². The second kappa shape index (κ2) is 5.75. The van der Waals surface area contributed by atoms with Gasteiger partial charge in [0.25, 0.3) is 0 Å². The normalized spacial score (nSPS) is 29.3. The molecule has 2 N–H and O–H groups in total. The molecule has 21 heavy (non-hydrogen) atoms. The molecule has 2 fully saturated rings. The van der Waals surface area contributed by atoms with Crippen LogP contribution in [0.15, 0.2) is 11.0 Å². The number of hydrogen-bond acceptors (Lipinski definition) is 6. The molecule has 0 spiro atoms. The van der Waals surface area contributed by atoms with Crippen LogP contribution in [0.3, 0.4) is 0 Å². The van der Waals surface area contributed by atoms with Crippen molar-refractivity contribution in [2.24, 2.45) is 0 Å². The number of aliphatic hydroxyl groups is 2. The molecule has 7 heteroatoms. The summed E-state index contributed by atoms with van der Waals surface area (Å²) in [6.45, 7) is 3.53. The summed E-state index contributed by atoms with van der Waals surface area (Å²) in [5.74, 6) is 0.742. The van der Waals surface area contributed by atoms with E-state index in [-0.39, 0.29) is 18.7 Å². The van der Waals surface area contributed by atoms with Crippen LogP contribution in [0.4, 0.5) is 5.82 Å². The molecule has 0 unspecified atom stereocenters. The van der Waals surface area contributed by atoms with E-state index < -0.39 is 18.4 Å². The van der Waals surface area contributed by atoms with Crippen LogP contribution in [0.5, 0.6) is 0 Å². The smallest absolute Gasteiger partial charge is 0.351 e. The lowest BCUT2D eigenvalue weighted by molar-refractivity contribution is -0.0459. The molecule has 0 radical (unpaired) electrons. The van der Waals surface area contributed by atoms with Gasteiger partial charge in [-0.05, 0) is 19.8 Å². The molecule has 0 saturated carbocycles. The van der Waals surface area contributed by atoms with E-state index in [1.807, 2.05) is 6.92 Å². The zero-order valence-electron chi connectivity index (χ0n) is 12.1. The van der Waals surface area contributed by atoms with E-state index >= 15 is 0 Å². The average Bonchev–Trinajstić information content (AvgIpc) is 3.10. The van der Waals surface area contributed by atoms with E-state index in [4.69, 9.17) is 9.84 Å². The van der Waals surface area contributed by atoms with Crippen molar-refractivity contribution in [2.75, 3.05) is 24.6 Å². The van der Waals surface area contributed by atoms with Gasteiger partial charge in [0.05, 0.1) is 12.7 Å². The topological polar surface area (TPSA) is 87.8 Å². The van der Waals surface area contributed by atoms with Gasteiger partial charge >= 0.3 is 5.69 Å². The minimum Gasteiger partial charge on any atom is -0.394 e. The summed E-state index contributed by atoms with van der Waals surface area (Å²) >= 11 is 0. The van der Waals surface area contributed by atoms with Gasteiger partial charge in [0.1, 0.15) is 18.1 Å². The van der Waals surface area contributed by atoms with Gasteiger partial charge in [-0.3, -0.25) is 4.57 Å². The van der Waals surface area contributed by atoms with Gasteiger partial charge in [0.15, 0.2) is 0 Å². The SMILES string of the molecule is Cc1cn([C@H]2C[C@H](O)[C@H](CO)O2)c(=O)nc1N1CCCC1. The van der Waals surface area contributed by atoms with Crippen molar-refractivity contribution < 1.29 is 14.9 Å². The molecule has 0 aromatic carbocycles. The van der Waals surface area contributed by atoms with Crippen molar-refractivity contribution >= 4 is 5.82 Å². The Morgan fingerprint density at radius 2 is 2.14 bits per heavy atom. The Hall–Kier alpha value is -1.44. The number of aliphatic hydroxyl groups excluding tert-OH is 2. The third kappa shape index (κ3) is 2.68. The maximum Gasteiger partial charge on any atom is 0.351 e. The fourth-order valence-electron chi connectivity index (χ4n) is 3.06. The Kier molecular flexibility index (Phi) is 3.97. The zero-order valence-corrected chi connectivity index (χ0v) is 12.1. The molecule has 2 aliphatic rings. The summed E-state index contributed by atoms with van der Waals surface area (Å²) in [7, 11) is 0. The van der Waals surface area contributed by atoms with Crippen molar-refractivity contribution in [1.82, 2.24) is 9.55 Å². The molecule has 0 bridgehead atoms.